The maximum Gasteiger partial charge on any atom is 0.133 e. The molecule has 1 aliphatic rings. The number of aryl methyl sites for hydroxylation is 1. The van der Waals surface area contributed by atoms with Crippen LogP contribution in [0.1, 0.15) is 56.1 Å². The highest BCUT2D eigenvalue weighted by Crippen LogP contribution is 2.34. The minimum atomic E-state index is 0.132. The molecular weight excluding hydrogens is 222 g/mol. The number of nitrogens with two attached hydrogens (primary N) is 1. The zero-order chi connectivity index (χ0) is 13.0. The van der Waals surface area contributed by atoms with Crippen molar-refractivity contribution in [2.24, 2.45) is 5.73 Å². The summed E-state index contributed by atoms with van der Waals surface area (Å²) in [7, 11) is 0. The van der Waals surface area contributed by atoms with Crippen molar-refractivity contribution in [1.29, 1.82) is 0 Å². The number of fused-ring (bicyclic) bond motifs is 1. The van der Waals surface area contributed by atoms with Gasteiger partial charge in [0.15, 0.2) is 0 Å². The standard InChI is InChI=1S/C16H23NO/c1-12(17)9-10-15(18)11-14-7-4-6-13-5-2-3-8-16(13)14/h2-3,5,8,12,14H,4,6-7,9-11,17H2,1H3. The Balaban J connectivity index is 1.96. The molecule has 2 N–H and O–H groups in total. The van der Waals surface area contributed by atoms with E-state index in [-0.39, 0.29) is 6.04 Å². The fraction of sp³-hybridized carbons (Fsp3) is 0.562. The predicted octanol–water partition coefficient (Wildman–Crippen LogP) is 3.19. The number of Topliss-reactive ketones (excluding diaryl/α,β-unsaturated/α-hetero) is 1. The number of benzene rings is 1. The van der Waals surface area contributed by atoms with Gasteiger partial charge in [0.1, 0.15) is 5.78 Å². The lowest BCUT2D eigenvalue weighted by atomic mass is 9.80. The second-order valence-electron chi connectivity index (χ2n) is 5.55. The number of rotatable bonds is 5. The summed E-state index contributed by atoms with van der Waals surface area (Å²) in [5.74, 6) is 0.810. The van der Waals surface area contributed by atoms with Crippen molar-refractivity contribution in [2.45, 2.75) is 57.4 Å². The van der Waals surface area contributed by atoms with Crippen LogP contribution in [-0.4, -0.2) is 11.8 Å². The molecule has 2 heteroatoms. The summed E-state index contributed by atoms with van der Waals surface area (Å²) in [5, 5.41) is 0. The van der Waals surface area contributed by atoms with Gasteiger partial charge in [0.2, 0.25) is 0 Å². The van der Waals surface area contributed by atoms with Gasteiger partial charge in [-0.25, -0.2) is 0 Å². The van der Waals surface area contributed by atoms with Gasteiger partial charge in [0.05, 0.1) is 0 Å². The summed E-state index contributed by atoms with van der Waals surface area (Å²) in [5.41, 5.74) is 8.54. The molecule has 98 valence electrons. The Bertz CT molecular complexity index is 411. The van der Waals surface area contributed by atoms with E-state index in [1.54, 1.807) is 0 Å². The number of carbonyl (C=O) groups excluding carboxylic acids is 1. The van der Waals surface area contributed by atoms with Gasteiger partial charge in [0.25, 0.3) is 0 Å². The quantitative estimate of drug-likeness (QED) is 0.865. The minimum Gasteiger partial charge on any atom is -0.328 e. The highest BCUT2D eigenvalue weighted by atomic mass is 16.1. The molecule has 0 bridgehead atoms. The van der Waals surface area contributed by atoms with Crippen molar-refractivity contribution in [3.63, 3.8) is 0 Å². The molecule has 1 aliphatic carbocycles. The Labute approximate surface area is 110 Å². The highest BCUT2D eigenvalue weighted by molar-refractivity contribution is 5.79. The smallest absolute Gasteiger partial charge is 0.133 e. The topological polar surface area (TPSA) is 43.1 Å². The van der Waals surface area contributed by atoms with Gasteiger partial charge in [-0.1, -0.05) is 24.3 Å². The molecule has 0 heterocycles. The third kappa shape index (κ3) is 3.42. The molecule has 2 nitrogen and oxygen atoms in total. The fourth-order valence-corrected chi connectivity index (χ4v) is 2.83. The molecule has 0 amide bonds. The first kappa shape index (κ1) is 13.3. The van der Waals surface area contributed by atoms with Crippen LogP contribution in [0, 0.1) is 0 Å². The van der Waals surface area contributed by atoms with Gasteiger partial charge in [-0.05, 0) is 49.7 Å². The van der Waals surface area contributed by atoms with Crippen LogP contribution in [0.4, 0.5) is 0 Å². The van der Waals surface area contributed by atoms with E-state index in [2.05, 4.69) is 24.3 Å². The van der Waals surface area contributed by atoms with Crippen LogP contribution in [-0.2, 0) is 11.2 Å². The summed E-state index contributed by atoms with van der Waals surface area (Å²) >= 11 is 0. The van der Waals surface area contributed by atoms with Crippen LogP contribution >= 0.6 is 0 Å². The summed E-state index contributed by atoms with van der Waals surface area (Å²) in [6, 6.07) is 8.71. The van der Waals surface area contributed by atoms with E-state index in [9.17, 15) is 4.79 Å². The van der Waals surface area contributed by atoms with Crippen molar-refractivity contribution >= 4 is 5.78 Å². The molecule has 0 aliphatic heterocycles. The van der Waals surface area contributed by atoms with Crippen molar-refractivity contribution in [1.82, 2.24) is 0 Å². The van der Waals surface area contributed by atoms with Crippen molar-refractivity contribution in [3.05, 3.63) is 35.4 Å². The molecule has 18 heavy (non-hydrogen) atoms. The molecular formula is C16H23NO. The molecule has 2 unspecified atom stereocenters. The lowest BCUT2D eigenvalue weighted by Gasteiger charge is -2.25. The number of hydrogen-bond acceptors (Lipinski definition) is 2. The highest BCUT2D eigenvalue weighted by Gasteiger charge is 2.21. The monoisotopic (exact) mass is 245 g/mol. The molecule has 0 fully saturated rings. The molecule has 1 aromatic rings. The zero-order valence-electron chi connectivity index (χ0n) is 11.2. The molecule has 1 aromatic carbocycles. The lowest BCUT2D eigenvalue weighted by molar-refractivity contribution is -0.119. The van der Waals surface area contributed by atoms with Crippen LogP contribution in [0.5, 0.6) is 0 Å². The van der Waals surface area contributed by atoms with Crippen LogP contribution in [0.3, 0.4) is 0 Å². The second-order valence-corrected chi connectivity index (χ2v) is 5.55. The van der Waals surface area contributed by atoms with E-state index in [0.717, 1.165) is 12.8 Å². The summed E-state index contributed by atoms with van der Waals surface area (Å²) < 4.78 is 0. The van der Waals surface area contributed by atoms with Crippen LogP contribution in [0.15, 0.2) is 24.3 Å². The fourth-order valence-electron chi connectivity index (χ4n) is 2.83. The Morgan fingerprint density at radius 1 is 1.44 bits per heavy atom. The molecule has 0 saturated heterocycles. The van der Waals surface area contributed by atoms with Gasteiger partial charge in [-0.15, -0.1) is 0 Å². The zero-order valence-corrected chi connectivity index (χ0v) is 11.2. The summed E-state index contributed by atoms with van der Waals surface area (Å²) in [4.78, 5) is 12.0. The van der Waals surface area contributed by atoms with E-state index >= 15 is 0 Å². The maximum absolute atomic E-state index is 12.0. The third-order valence-corrected chi connectivity index (χ3v) is 3.85. The van der Waals surface area contributed by atoms with Crippen LogP contribution in [0.25, 0.3) is 0 Å². The maximum atomic E-state index is 12.0. The number of hydrogen-bond donors (Lipinski definition) is 1. The average Bonchev–Trinajstić information content (AvgIpc) is 2.37. The molecule has 0 spiro atoms. The second kappa shape index (κ2) is 6.14. The lowest BCUT2D eigenvalue weighted by Crippen LogP contribution is -2.18. The molecule has 0 radical (unpaired) electrons. The SMILES string of the molecule is CC(N)CCC(=O)CC1CCCc2ccccc21. The first-order valence-corrected chi connectivity index (χ1v) is 7.02. The van der Waals surface area contributed by atoms with E-state index in [1.807, 2.05) is 6.92 Å². The Morgan fingerprint density at radius 3 is 3.00 bits per heavy atom. The number of carbonyl (C=O) groups is 1. The van der Waals surface area contributed by atoms with Gasteiger partial charge in [-0.2, -0.15) is 0 Å². The van der Waals surface area contributed by atoms with Crippen LogP contribution < -0.4 is 5.73 Å². The Kier molecular flexibility index (Phi) is 4.54. The number of ketones is 1. The van der Waals surface area contributed by atoms with Crippen molar-refractivity contribution in [2.75, 3.05) is 0 Å². The Hall–Kier alpha value is -1.15. The van der Waals surface area contributed by atoms with E-state index in [4.69, 9.17) is 5.73 Å². The minimum absolute atomic E-state index is 0.132. The average molecular weight is 245 g/mol. The van der Waals surface area contributed by atoms with Crippen molar-refractivity contribution in [3.8, 4) is 0 Å². The predicted molar refractivity (Wildman–Crippen MR) is 74.6 cm³/mol. The molecule has 2 atom stereocenters. The van der Waals surface area contributed by atoms with E-state index in [0.29, 0.717) is 24.5 Å². The molecule has 0 aromatic heterocycles. The summed E-state index contributed by atoms with van der Waals surface area (Å²) in [6.45, 7) is 1.96. The van der Waals surface area contributed by atoms with Gasteiger partial charge < -0.3 is 5.73 Å². The van der Waals surface area contributed by atoms with E-state index in [1.165, 1.54) is 24.0 Å². The van der Waals surface area contributed by atoms with Crippen LogP contribution in [0.2, 0.25) is 0 Å². The normalized spacial score (nSPS) is 20.2. The largest absolute Gasteiger partial charge is 0.328 e. The first-order valence-electron chi connectivity index (χ1n) is 7.02. The Morgan fingerprint density at radius 2 is 2.22 bits per heavy atom. The molecule has 0 saturated carbocycles. The van der Waals surface area contributed by atoms with Gasteiger partial charge in [-0.3, -0.25) is 4.79 Å². The third-order valence-electron chi connectivity index (χ3n) is 3.85. The van der Waals surface area contributed by atoms with Gasteiger partial charge in [0, 0.05) is 18.9 Å². The van der Waals surface area contributed by atoms with Crippen molar-refractivity contribution < 1.29 is 4.79 Å². The van der Waals surface area contributed by atoms with E-state index < -0.39 is 0 Å². The summed E-state index contributed by atoms with van der Waals surface area (Å²) in [6.07, 6.45) is 5.68. The molecule has 2 rings (SSSR count). The first-order chi connectivity index (χ1) is 8.66. The van der Waals surface area contributed by atoms with Gasteiger partial charge >= 0.3 is 0 Å².